The summed E-state index contributed by atoms with van der Waals surface area (Å²) in [4.78, 5) is 28.5. The van der Waals surface area contributed by atoms with Gasteiger partial charge in [-0.15, -0.1) is 0 Å². The number of carbonyl (C=O) groups excluding carboxylic acids is 1. The second kappa shape index (κ2) is 4.31. The van der Waals surface area contributed by atoms with Crippen molar-refractivity contribution >= 4 is 11.9 Å². The van der Waals surface area contributed by atoms with E-state index in [0.717, 1.165) is 6.42 Å². The molecule has 0 saturated carbocycles. The molecule has 3 N–H and O–H groups in total. The normalized spacial score (nSPS) is 19.6. The summed E-state index contributed by atoms with van der Waals surface area (Å²) in [7, 11) is 0. The largest absolute Gasteiger partial charge is 0.477 e. The number of nitrogens with one attached hydrogen (secondary N) is 2. The Kier molecular flexibility index (Phi) is 2.86. The molecule has 16 heavy (non-hydrogen) atoms. The lowest BCUT2D eigenvalue weighted by atomic mass is 10.2. The maximum absolute atomic E-state index is 11.7. The second-order valence-electron chi connectivity index (χ2n) is 3.47. The van der Waals surface area contributed by atoms with Gasteiger partial charge in [-0.1, -0.05) is 0 Å². The lowest BCUT2D eigenvalue weighted by Gasteiger charge is -2.09. The van der Waals surface area contributed by atoms with Crippen LogP contribution in [-0.2, 0) is 4.74 Å². The third-order valence-corrected chi connectivity index (χ3v) is 2.33. The number of hydrogen-bond acceptors (Lipinski definition) is 4. The molecule has 0 radical (unpaired) electrons. The number of amides is 1. The maximum Gasteiger partial charge on any atom is 0.354 e. The van der Waals surface area contributed by atoms with Crippen LogP contribution in [0.3, 0.4) is 0 Å². The number of hydrogen-bond donors (Lipinski definition) is 3. The van der Waals surface area contributed by atoms with Crippen LogP contribution in [0.25, 0.3) is 0 Å². The number of H-pyrrole nitrogens is 1. The topological polar surface area (TPSA) is 104 Å². The van der Waals surface area contributed by atoms with Crippen LogP contribution in [0, 0.1) is 0 Å². The highest BCUT2D eigenvalue weighted by molar-refractivity contribution is 6.02. The Morgan fingerprint density at radius 1 is 1.62 bits per heavy atom. The van der Waals surface area contributed by atoms with Gasteiger partial charge in [0.2, 0.25) is 0 Å². The number of aromatic carboxylic acids is 1. The summed E-state index contributed by atoms with van der Waals surface area (Å²) in [6.45, 7) is 1.07. The molecule has 7 heteroatoms. The summed E-state index contributed by atoms with van der Waals surface area (Å²) in [5.74, 6) is -1.69. The first kappa shape index (κ1) is 10.6. The van der Waals surface area contributed by atoms with Crippen molar-refractivity contribution in [3.05, 3.63) is 17.7 Å². The summed E-state index contributed by atoms with van der Waals surface area (Å²) < 4.78 is 5.09. The fourth-order valence-electron chi connectivity index (χ4n) is 1.53. The Labute approximate surface area is 90.8 Å². The first-order valence-electron chi connectivity index (χ1n) is 4.83. The molecule has 1 amide bonds. The molecule has 0 spiro atoms. The summed E-state index contributed by atoms with van der Waals surface area (Å²) >= 11 is 0. The smallest absolute Gasteiger partial charge is 0.354 e. The standard InChI is InChI=1S/C9H11N3O4/c13-8(12-5-1-2-16-3-5)6-7(9(14)15)11-4-10-6/h4-5H,1-3H2,(H,10,11)(H,12,13)(H,14,15). The van der Waals surface area contributed by atoms with E-state index in [9.17, 15) is 9.59 Å². The number of aromatic amines is 1. The molecule has 1 atom stereocenters. The average Bonchev–Trinajstić information content (AvgIpc) is 2.86. The Bertz CT molecular complexity index is 409. The van der Waals surface area contributed by atoms with Crippen LogP contribution in [0.2, 0.25) is 0 Å². The minimum absolute atomic E-state index is 0.0640. The first-order valence-corrected chi connectivity index (χ1v) is 4.83. The number of carboxylic acids is 1. The van der Waals surface area contributed by atoms with Crippen LogP contribution in [0.5, 0.6) is 0 Å². The number of carbonyl (C=O) groups is 2. The van der Waals surface area contributed by atoms with Crippen molar-refractivity contribution in [2.24, 2.45) is 0 Å². The lowest BCUT2D eigenvalue weighted by Crippen LogP contribution is -2.36. The van der Waals surface area contributed by atoms with Gasteiger partial charge in [0.1, 0.15) is 0 Å². The van der Waals surface area contributed by atoms with E-state index in [-0.39, 0.29) is 17.4 Å². The van der Waals surface area contributed by atoms with Crippen molar-refractivity contribution in [1.29, 1.82) is 0 Å². The summed E-state index contributed by atoms with van der Waals surface area (Å²) in [6, 6.07) is -0.0640. The van der Waals surface area contributed by atoms with E-state index in [1.165, 1.54) is 6.33 Å². The summed E-state index contributed by atoms with van der Waals surface area (Å²) in [5.41, 5.74) is -0.296. The van der Waals surface area contributed by atoms with Gasteiger partial charge in [0, 0.05) is 6.61 Å². The molecule has 1 aliphatic heterocycles. The zero-order chi connectivity index (χ0) is 11.5. The van der Waals surface area contributed by atoms with Gasteiger partial charge in [-0.3, -0.25) is 4.79 Å². The van der Waals surface area contributed by atoms with E-state index < -0.39 is 11.9 Å². The van der Waals surface area contributed by atoms with E-state index in [0.29, 0.717) is 13.2 Å². The minimum Gasteiger partial charge on any atom is -0.477 e. The monoisotopic (exact) mass is 225 g/mol. The van der Waals surface area contributed by atoms with E-state index in [1.807, 2.05) is 0 Å². The van der Waals surface area contributed by atoms with Crippen molar-refractivity contribution in [1.82, 2.24) is 15.3 Å². The Hall–Kier alpha value is -1.89. The predicted octanol–water partition coefficient (Wildman–Crippen LogP) is -0.373. The van der Waals surface area contributed by atoms with Crippen LogP contribution >= 0.6 is 0 Å². The predicted molar refractivity (Wildman–Crippen MR) is 52.2 cm³/mol. The van der Waals surface area contributed by atoms with Crippen molar-refractivity contribution in [2.75, 3.05) is 13.2 Å². The highest BCUT2D eigenvalue weighted by Crippen LogP contribution is 2.07. The molecule has 0 aliphatic carbocycles. The number of imidazole rings is 1. The first-order chi connectivity index (χ1) is 7.68. The van der Waals surface area contributed by atoms with Gasteiger partial charge >= 0.3 is 5.97 Å². The molecular formula is C9H11N3O4. The number of ether oxygens (including phenoxy) is 1. The molecular weight excluding hydrogens is 214 g/mol. The van der Waals surface area contributed by atoms with Gasteiger partial charge in [0.15, 0.2) is 11.4 Å². The molecule has 1 aliphatic rings. The second-order valence-corrected chi connectivity index (χ2v) is 3.47. The zero-order valence-electron chi connectivity index (χ0n) is 8.40. The van der Waals surface area contributed by atoms with E-state index in [4.69, 9.17) is 9.84 Å². The van der Waals surface area contributed by atoms with Crippen molar-refractivity contribution in [3.8, 4) is 0 Å². The molecule has 1 aromatic rings. The molecule has 1 aromatic heterocycles. The maximum atomic E-state index is 11.7. The molecule has 1 unspecified atom stereocenters. The van der Waals surface area contributed by atoms with Gasteiger partial charge in [-0.05, 0) is 6.42 Å². The Morgan fingerprint density at radius 2 is 2.44 bits per heavy atom. The van der Waals surface area contributed by atoms with Gasteiger partial charge in [-0.25, -0.2) is 9.78 Å². The van der Waals surface area contributed by atoms with Gasteiger partial charge in [0.05, 0.1) is 19.0 Å². The quantitative estimate of drug-likeness (QED) is 0.650. The highest BCUT2D eigenvalue weighted by atomic mass is 16.5. The van der Waals surface area contributed by atoms with E-state index in [1.54, 1.807) is 0 Å². The third kappa shape index (κ3) is 2.03. The Balaban J connectivity index is 2.08. The highest BCUT2D eigenvalue weighted by Gasteiger charge is 2.23. The number of nitrogens with zero attached hydrogens (tertiary/aromatic N) is 1. The summed E-state index contributed by atoms with van der Waals surface area (Å²) in [6.07, 6.45) is 1.92. The summed E-state index contributed by atoms with van der Waals surface area (Å²) in [5, 5.41) is 11.5. The fraction of sp³-hybridized carbons (Fsp3) is 0.444. The van der Waals surface area contributed by atoms with Crippen LogP contribution < -0.4 is 5.32 Å². The van der Waals surface area contributed by atoms with Crippen LogP contribution in [0.4, 0.5) is 0 Å². The van der Waals surface area contributed by atoms with Gasteiger partial charge in [-0.2, -0.15) is 0 Å². The molecule has 0 aromatic carbocycles. The SMILES string of the molecule is O=C(NC1CCOC1)c1nc[nH]c1C(=O)O. The average molecular weight is 225 g/mol. The fourth-order valence-corrected chi connectivity index (χ4v) is 1.53. The molecule has 2 rings (SSSR count). The molecule has 7 nitrogen and oxygen atoms in total. The van der Waals surface area contributed by atoms with Crippen molar-refractivity contribution in [3.63, 3.8) is 0 Å². The van der Waals surface area contributed by atoms with Crippen molar-refractivity contribution < 1.29 is 19.4 Å². The number of aromatic nitrogens is 2. The van der Waals surface area contributed by atoms with Gasteiger partial charge in [0.25, 0.3) is 5.91 Å². The van der Waals surface area contributed by atoms with Crippen molar-refractivity contribution in [2.45, 2.75) is 12.5 Å². The molecule has 2 heterocycles. The van der Waals surface area contributed by atoms with E-state index in [2.05, 4.69) is 15.3 Å². The molecule has 86 valence electrons. The van der Waals surface area contributed by atoms with Crippen LogP contribution in [0.1, 0.15) is 27.4 Å². The van der Waals surface area contributed by atoms with E-state index >= 15 is 0 Å². The number of rotatable bonds is 3. The molecule has 1 saturated heterocycles. The minimum atomic E-state index is -1.20. The van der Waals surface area contributed by atoms with Crippen LogP contribution in [0.15, 0.2) is 6.33 Å². The molecule has 1 fully saturated rings. The Morgan fingerprint density at radius 3 is 3.06 bits per heavy atom. The number of carboxylic acid groups (broad SMARTS) is 1. The lowest BCUT2D eigenvalue weighted by molar-refractivity contribution is 0.0684. The zero-order valence-corrected chi connectivity index (χ0v) is 8.40. The molecule has 0 bridgehead atoms. The van der Waals surface area contributed by atoms with Crippen LogP contribution in [-0.4, -0.2) is 46.2 Å². The van der Waals surface area contributed by atoms with Gasteiger partial charge < -0.3 is 20.1 Å². The third-order valence-electron chi connectivity index (χ3n) is 2.33.